The van der Waals surface area contributed by atoms with Crippen LogP contribution in [0.3, 0.4) is 0 Å². The maximum Gasteiger partial charge on any atom is 0.253 e. The van der Waals surface area contributed by atoms with Gasteiger partial charge in [0.2, 0.25) is 0 Å². The summed E-state index contributed by atoms with van der Waals surface area (Å²) >= 11 is 0. The Kier molecular flexibility index (Phi) is 3.00. The molecule has 0 amide bonds. The molecule has 0 unspecified atom stereocenters. The van der Waals surface area contributed by atoms with Crippen LogP contribution in [0.1, 0.15) is 12.5 Å². The van der Waals surface area contributed by atoms with Crippen LogP contribution < -0.4 is 11.3 Å². The Hall–Kier alpha value is -2.03. The van der Waals surface area contributed by atoms with E-state index in [1.807, 2.05) is 44.2 Å². The predicted octanol–water partition coefficient (Wildman–Crippen LogP) is 2.43. The van der Waals surface area contributed by atoms with Crippen molar-refractivity contribution in [3.05, 3.63) is 52.3 Å². The molecule has 17 heavy (non-hydrogen) atoms. The molecule has 3 heteroatoms. The van der Waals surface area contributed by atoms with Gasteiger partial charge in [-0.2, -0.15) is 0 Å². The van der Waals surface area contributed by atoms with Gasteiger partial charge in [0, 0.05) is 23.9 Å². The van der Waals surface area contributed by atoms with E-state index in [4.69, 9.17) is 5.73 Å². The fourth-order valence-electron chi connectivity index (χ4n) is 2.03. The fraction of sp³-hybridized carbons (Fsp3) is 0.214. The molecule has 0 spiro atoms. The third-order valence-electron chi connectivity index (χ3n) is 2.89. The van der Waals surface area contributed by atoms with Crippen LogP contribution >= 0.6 is 0 Å². The zero-order valence-corrected chi connectivity index (χ0v) is 10.1. The molecule has 1 heterocycles. The van der Waals surface area contributed by atoms with Crippen LogP contribution in [0.25, 0.3) is 11.3 Å². The lowest BCUT2D eigenvalue weighted by Crippen LogP contribution is -2.20. The predicted molar refractivity (Wildman–Crippen MR) is 71.0 cm³/mol. The molecule has 1 aromatic heterocycles. The minimum atomic E-state index is -0.0502. The van der Waals surface area contributed by atoms with E-state index in [1.54, 1.807) is 4.57 Å². The molecule has 2 N–H and O–H groups in total. The second kappa shape index (κ2) is 4.45. The van der Waals surface area contributed by atoms with Crippen molar-refractivity contribution in [1.29, 1.82) is 0 Å². The maximum absolute atomic E-state index is 11.9. The van der Waals surface area contributed by atoms with Crippen molar-refractivity contribution in [2.45, 2.75) is 20.4 Å². The summed E-state index contributed by atoms with van der Waals surface area (Å²) in [6, 6.07) is 11.3. The van der Waals surface area contributed by atoms with Crippen LogP contribution in [-0.2, 0) is 6.54 Å². The monoisotopic (exact) mass is 228 g/mol. The van der Waals surface area contributed by atoms with Gasteiger partial charge in [-0.15, -0.1) is 0 Å². The Bertz CT molecular complexity index is 599. The Balaban J connectivity index is 2.75. The van der Waals surface area contributed by atoms with Crippen LogP contribution in [-0.4, -0.2) is 4.57 Å². The highest BCUT2D eigenvalue weighted by Gasteiger charge is 2.08. The normalized spacial score (nSPS) is 10.5. The van der Waals surface area contributed by atoms with Crippen LogP contribution in [0.4, 0.5) is 5.69 Å². The number of nitrogens with two attached hydrogens (primary N) is 1. The summed E-state index contributed by atoms with van der Waals surface area (Å²) < 4.78 is 1.73. The number of aromatic nitrogens is 1. The molecule has 0 fully saturated rings. The van der Waals surface area contributed by atoms with E-state index in [1.165, 1.54) is 6.07 Å². The number of hydrogen-bond donors (Lipinski definition) is 1. The van der Waals surface area contributed by atoms with Gasteiger partial charge in [0.25, 0.3) is 5.56 Å². The van der Waals surface area contributed by atoms with Gasteiger partial charge < -0.3 is 10.3 Å². The molecular weight excluding hydrogens is 212 g/mol. The average Bonchev–Trinajstić information content (AvgIpc) is 2.28. The maximum atomic E-state index is 11.9. The molecule has 0 aliphatic rings. The summed E-state index contributed by atoms with van der Waals surface area (Å²) in [4.78, 5) is 11.9. The van der Waals surface area contributed by atoms with Gasteiger partial charge in [-0.3, -0.25) is 4.79 Å². The van der Waals surface area contributed by atoms with Crippen LogP contribution in [0.15, 0.2) is 41.2 Å². The molecule has 0 radical (unpaired) electrons. The number of anilines is 1. The van der Waals surface area contributed by atoms with Crippen molar-refractivity contribution in [3.63, 3.8) is 0 Å². The summed E-state index contributed by atoms with van der Waals surface area (Å²) in [5, 5.41) is 0. The highest BCUT2D eigenvalue weighted by atomic mass is 16.1. The number of nitrogen functional groups attached to an aromatic ring is 1. The number of nitrogens with zero attached hydrogens (tertiary/aromatic N) is 1. The fourth-order valence-corrected chi connectivity index (χ4v) is 2.03. The van der Waals surface area contributed by atoms with E-state index >= 15 is 0 Å². The van der Waals surface area contributed by atoms with Crippen molar-refractivity contribution in [2.24, 2.45) is 0 Å². The number of hydrogen-bond acceptors (Lipinski definition) is 2. The zero-order chi connectivity index (χ0) is 12.4. The van der Waals surface area contributed by atoms with Crippen LogP contribution in [0.2, 0.25) is 0 Å². The van der Waals surface area contributed by atoms with Gasteiger partial charge in [0.05, 0.1) is 5.69 Å². The van der Waals surface area contributed by atoms with Crippen molar-refractivity contribution >= 4 is 5.69 Å². The van der Waals surface area contributed by atoms with Crippen LogP contribution in [0.5, 0.6) is 0 Å². The molecule has 2 aromatic rings. The minimum Gasteiger partial charge on any atom is -0.399 e. The van der Waals surface area contributed by atoms with Crippen molar-refractivity contribution in [2.75, 3.05) is 5.73 Å². The average molecular weight is 228 g/mol. The van der Waals surface area contributed by atoms with Gasteiger partial charge in [-0.05, 0) is 25.5 Å². The summed E-state index contributed by atoms with van der Waals surface area (Å²) in [7, 11) is 0. The highest BCUT2D eigenvalue weighted by molar-refractivity contribution is 5.66. The number of benzene rings is 1. The SMILES string of the molecule is CCn1c(-c2ccccc2C)cc(N)cc1=O. The first-order chi connectivity index (χ1) is 8.13. The summed E-state index contributed by atoms with van der Waals surface area (Å²) in [6.07, 6.45) is 0. The molecule has 1 aromatic carbocycles. The van der Waals surface area contributed by atoms with Crippen molar-refractivity contribution < 1.29 is 0 Å². The first-order valence-electron chi connectivity index (χ1n) is 5.70. The molecule has 0 bridgehead atoms. The quantitative estimate of drug-likeness (QED) is 0.858. The minimum absolute atomic E-state index is 0.0502. The molecule has 0 aliphatic heterocycles. The van der Waals surface area contributed by atoms with E-state index in [-0.39, 0.29) is 5.56 Å². The summed E-state index contributed by atoms with van der Waals surface area (Å²) in [6.45, 7) is 4.63. The van der Waals surface area contributed by atoms with Crippen LogP contribution in [0, 0.1) is 6.92 Å². The Morgan fingerprint density at radius 2 is 1.94 bits per heavy atom. The van der Waals surface area contributed by atoms with E-state index in [0.29, 0.717) is 12.2 Å². The summed E-state index contributed by atoms with van der Waals surface area (Å²) in [5.74, 6) is 0. The third kappa shape index (κ3) is 2.09. The highest BCUT2D eigenvalue weighted by Crippen LogP contribution is 2.23. The molecule has 88 valence electrons. The van der Waals surface area contributed by atoms with Crippen molar-refractivity contribution in [1.82, 2.24) is 4.57 Å². The summed E-state index contributed by atoms with van der Waals surface area (Å²) in [5.41, 5.74) is 9.30. The third-order valence-corrected chi connectivity index (χ3v) is 2.89. The number of aryl methyl sites for hydroxylation is 1. The van der Waals surface area contributed by atoms with E-state index in [9.17, 15) is 4.79 Å². The zero-order valence-electron chi connectivity index (χ0n) is 10.1. The van der Waals surface area contributed by atoms with E-state index in [2.05, 4.69) is 0 Å². The Morgan fingerprint density at radius 1 is 1.24 bits per heavy atom. The van der Waals surface area contributed by atoms with Gasteiger partial charge in [-0.25, -0.2) is 0 Å². The molecule has 0 atom stereocenters. The van der Waals surface area contributed by atoms with Gasteiger partial charge in [-0.1, -0.05) is 24.3 Å². The molecule has 3 nitrogen and oxygen atoms in total. The largest absolute Gasteiger partial charge is 0.399 e. The number of rotatable bonds is 2. The standard InChI is InChI=1S/C14H16N2O/c1-3-16-13(8-11(15)9-14(16)17)12-7-5-4-6-10(12)2/h4-9H,3,15H2,1-2H3. The van der Waals surface area contributed by atoms with Crippen molar-refractivity contribution in [3.8, 4) is 11.3 Å². The van der Waals surface area contributed by atoms with E-state index in [0.717, 1.165) is 16.8 Å². The molecule has 0 saturated carbocycles. The Labute approximate surface area is 101 Å². The second-order valence-electron chi connectivity index (χ2n) is 4.07. The lowest BCUT2D eigenvalue weighted by molar-refractivity contribution is 0.736. The van der Waals surface area contributed by atoms with Gasteiger partial charge in [0.15, 0.2) is 0 Å². The number of pyridine rings is 1. The van der Waals surface area contributed by atoms with Gasteiger partial charge in [0.1, 0.15) is 0 Å². The molecular formula is C14H16N2O. The second-order valence-corrected chi connectivity index (χ2v) is 4.07. The molecule has 2 rings (SSSR count). The first-order valence-corrected chi connectivity index (χ1v) is 5.70. The van der Waals surface area contributed by atoms with E-state index < -0.39 is 0 Å². The van der Waals surface area contributed by atoms with Gasteiger partial charge >= 0.3 is 0 Å². The smallest absolute Gasteiger partial charge is 0.253 e. The Morgan fingerprint density at radius 3 is 2.59 bits per heavy atom. The topological polar surface area (TPSA) is 48.0 Å². The first kappa shape index (κ1) is 11.5. The molecule has 0 saturated heterocycles. The lowest BCUT2D eigenvalue weighted by atomic mass is 10.0. The molecule has 0 aliphatic carbocycles. The lowest BCUT2D eigenvalue weighted by Gasteiger charge is -2.13.